The van der Waals surface area contributed by atoms with Gasteiger partial charge >= 0.3 is 0 Å². The van der Waals surface area contributed by atoms with Crippen molar-refractivity contribution in [1.82, 2.24) is 15.5 Å². The number of aromatic nitrogens is 2. The van der Waals surface area contributed by atoms with Crippen LogP contribution in [0.4, 0.5) is 9.52 Å². The molecule has 0 radical (unpaired) electrons. The van der Waals surface area contributed by atoms with Gasteiger partial charge in [0.25, 0.3) is 0 Å². The molecule has 0 spiro atoms. The van der Waals surface area contributed by atoms with Gasteiger partial charge < -0.3 is 20.1 Å². The van der Waals surface area contributed by atoms with Crippen molar-refractivity contribution in [1.29, 1.82) is 0 Å². The average Bonchev–Trinajstić information content (AvgIpc) is 3.23. The summed E-state index contributed by atoms with van der Waals surface area (Å²) in [6, 6.07) is 13.6. The van der Waals surface area contributed by atoms with E-state index in [0.717, 1.165) is 5.56 Å². The Balaban J connectivity index is 1.33. The Morgan fingerprint density at radius 3 is 2.67 bits per heavy atom. The largest absolute Gasteiger partial charge is 0.493 e. The number of nitrogens with one attached hydrogen (secondary N) is 2. The lowest BCUT2D eigenvalue weighted by molar-refractivity contribution is -0.118. The number of methoxy groups -OCH3 is 1. The monoisotopic (exact) mass is 448 g/mol. The van der Waals surface area contributed by atoms with Gasteiger partial charge in [-0.2, -0.15) is 0 Å². The van der Waals surface area contributed by atoms with E-state index in [4.69, 9.17) is 9.47 Å². The van der Waals surface area contributed by atoms with Gasteiger partial charge in [0, 0.05) is 6.54 Å². The molecule has 0 fully saturated rings. The van der Waals surface area contributed by atoms with Gasteiger partial charge in [0.05, 0.1) is 19.4 Å². The predicted molar refractivity (Wildman–Crippen MR) is 116 cm³/mol. The number of hydrogen-bond acceptors (Lipinski definition) is 8. The Kier molecular flexibility index (Phi) is 8.28. The first kappa shape index (κ1) is 21.8. The Morgan fingerprint density at radius 2 is 1.90 bits per heavy atom. The SMILES string of the molecule is COc1ccccc1OCCNC(=O)CSc1nnc(NCc2ccc(F)cc2)s1. The maximum Gasteiger partial charge on any atom is 0.230 e. The highest BCUT2D eigenvalue weighted by molar-refractivity contribution is 8.01. The average molecular weight is 449 g/mol. The van der Waals surface area contributed by atoms with Crippen LogP contribution in [-0.2, 0) is 11.3 Å². The van der Waals surface area contributed by atoms with E-state index in [9.17, 15) is 9.18 Å². The maximum absolute atomic E-state index is 12.9. The van der Waals surface area contributed by atoms with E-state index in [1.165, 1.54) is 35.2 Å². The molecular formula is C20H21FN4O3S2. The topological polar surface area (TPSA) is 85.4 Å². The van der Waals surface area contributed by atoms with Gasteiger partial charge in [-0.15, -0.1) is 10.2 Å². The summed E-state index contributed by atoms with van der Waals surface area (Å²) in [5.41, 5.74) is 0.940. The molecule has 0 bridgehead atoms. The number of anilines is 1. The van der Waals surface area contributed by atoms with E-state index < -0.39 is 0 Å². The van der Waals surface area contributed by atoms with Crippen molar-refractivity contribution in [3.8, 4) is 11.5 Å². The second kappa shape index (κ2) is 11.4. The highest BCUT2D eigenvalue weighted by Gasteiger charge is 2.09. The molecule has 30 heavy (non-hydrogen) atoms. The molecular weight excluding hydrogens is 427 g/mol. The lowest BCUT2D eigenvalue weighted by atomic mass is 10.2. The molecule has 0 saturated carbocycles. The molecule has 2 aromatic carbocycles. The van der Waals surface area contributed by atoms with Crippen molar-refractivity contribution < 1.29 is 18.7 Å². The zero-order chi connectivity index (χ0) is 21.2. The van der Waals surface area contributed by atoms with Crippen LogP contribution >= 0.6 is 23.1 Å². The van der Waals surface area contributed by atoms with Gasteiger partial charge in [0.15, 0.2) is 15.8 Å². The van der Waals surface area contributed by atoms with Crippen LogP contribution in [0.3, 0.4) is 0 Å². The van der Waals surface area contributed by atoms with Crippen molar-refractivity contribution in [2.45, 2.75) is 10.9 Å². The van der Waals surface area contributed by atoms with Crippen LogP contribution in [0.2, 0.25) is 0 Å². The van der Waals surface area contributed by atoms with Gasteiger partial charge in [0.1, 0.15) is 12.4 Å². The molecule has 0 aliphatic heterocycles. The van der Waals surface area contributed by atoms with Crippen LogP contribution in [0.1, 0.15) is 5.56 Å². The van der Waals surface area contributed by atoms with Crippen LogP contribution in [0, 0.1) is 5.82 Å². The Labute approximate surface area is 182 Å². The Hall–Kier alpha value is -2.85. The second-order valence-electron chi connectivity index (χ2n) is 5.99. The second-order valence-corrected chi connectivity index (χ2v) is 8.19. The summed E-state index contributed by atoms with van der Waals surface area (Å²) in [6.45, 7) is 1.25. The molecule has 1 heterocycles. The summed E-state index contributed by atoms with van der Waals surface area (Å²) < 4.78 is 24.4. The smallest absolute Gasteiger partial charge is 0.230 e. The number of amides is 1. The molecule has 0 saturated heterocycles. The molecule has 0 aliphatic carbocycles. The number of nitrogens with zero attached hydrogens (tertiary/aromatic N) is 2. The molecule has 158 valence electrons. The fraction of sp³-hybridized carbons (Fsp3) is 0.250. The molecule has 1 amide bonds. The standard InChI is InChI=1S/C20H21FN4O3S2/c1-27-16-4-2-3-5-17(16)28-11-10-22-18(26)13-29-20-25-24-19(30-20)23-12-14-6-8-15(21)9-7-14/h2-9H,10-13H2,1H3,(H,22,26)(H,23,24). The fourth-order valence-electron chi connectivity index (χ4n) is 2.39. The molecule has 0 unspecified atom stereocenters. The van der Waals surface area contributed by atoms with Gasteiger partial charge in [-0.05, 0) is 29.8 Å². The van der Waals surface area contributed by atoms with E-state index in [1.807, 2.05) is 24.3 Å². The van der Waals surface area contributed by atoms with Crippen molar-refractivity contribution in [3.63, 3.8) is 0 Å². The van der Waals surface area contributed by atoms with Crippen molar-refractivity contribution >= 4 is 34.1 Å². The minimum atomic E-state index is -0.266. The van der Waals surface area contributed by atoms with Crippen LogP contribution in [0.25, 0.3) is 0 Å². The first-order valence-corrected chi connectivity index (χ1v) is 10.9. The van der Waals surface area contributed by atoms with Crippen molar-refractivity contribution in [3.05, 3.63) is 59.9 Å². The first-order chi connectivity index (χ1) is 14.6. The minimum Gasteiger partial charge on any atom is -0.493 e. The molecule has 7 nitrogen and oxygen atoms in total. The number of carbonyl (C=O) groups excluding carboxylic acids is 1. The van der Waals surface area contributed by atoms with Gasteiger partial charge in [0.2, 0.25) is 11.0 Å². The summed E-state index contributed by atoms with van der Waals surface area (Å²) >= 11 is 2.68. The van der Waals surface area contributed by atoms with E-state index in [1.54, 1.807) is 19.2 Å². The first-order valence-electron chi connectivity index (χ1n) is 9.11. The predicted octanol–water partition coefficient (Wildman–Crippen LogP) is 3.59. The van der Waals surface area contributed by atoms with Crippen LogP contribution in [0.5, 0.6) is 11.5 Å². The molecule has 1 aromatic heterocycles. The normalized spacial score (nSPS) is 10.5. The van der Waals surface area contributed by atoms with E-state index >= 15 is 0 Å². The summed E-state index contributed by atoms with van der Waals surface area (Å²) in [5, 5.41) is 14.7. The number of thioether (sulfide) groups is 1. The number of benzene rings is 2. The van der Waals surface area contributed by atoms with E-state index in [2.05, 4.69) is 20.8 Å². The summed E-state index contributed by atoms with van der Waals surface area (Å²) in [7, 11) is 1.58. The molecule has 0 atom stereocenters. The quantitative estimate of drug-likeness (QED) is 0.343. The maximum atomic E-state index is 12.9. The number of hydrogen-bond donors (Lipinski definition) is 2. The molecule has 10 heteroatoms. The minimum absolute atomic E-state index is 0.111. The zero-order valence-corrected chi connectivity index (χ0v) is 17.9. The zero-order valence-electron chi connectivity index (χ0n) is 16.3. The fourth-order valence-corrected chi connectivity index (χ4v) is 3.96. The Bertz CT molecular complexity index is 953. The number of ether oxygens (including phenoxy) is 2. The van der Waals surface area contributed by atoms with Crippen molar-refractivity contribution in [2.24, 2.45) is 0 Å². The van der Waals surface area contributed by atoms with Gasteiger partial charge in [-0.25, -0.2) is 4.39 Å². The molecule has 3 aromatic rings. The van der Waals surface area contributed by atoms with Crippen LogP contribution in [-0.4, -0.2) is 42.1 Å². The van der Waals surface area contributed by atoms with Crippen molar-refractivity contribution in [2.75, 3.05) is 31.3 Å². The molecule has 0 aliphatic rings. The third kappa shape index (κ3) is 6.89. The highest BCUT2D eigenvalue weighted by atomic mass is 32.2. The lowest BCUT2D eigenvalue weighted by Crippen LogP contribution is -2.29. The molecule has 2 N–H and O–H groups in total. The molecule has 3 rings (SSSR count). The van der Waals surface area contributed by atoms with Crippen LogP contribution < -0.4 is 20.1 Å². The van der Waals surface area contributed by atoms with Crippen LogP contribution in [0.15, 0.2) is 52.9 Å². The van der Waals surface area contributed by atoms with Gasteiger partial charge in [-0.3, -0.25) is 4.79 Å². The number of halogens is 1. The third-order valence-corrected chi connectivity index (χ3v) is 5.86. The van der Waals surface area contributed by atoms with Gasteiger partial charge in [-0.1, -0.05) is 47.4 Å². The van der Waals surface area contributed by atoms with E-state index in [0.29, 0.717) is 40.7 Å². The third-order valence-electron chi connectivity index (χ3n) is 3.84. The number of carbonyl (C=O) groups is 1. The summed E-state index contributed by atoms with van der Waals surface area (Å²) in [4.78, 5) is 12.0. The van der Waals surface area contributed by atoms with E-state index in [-0.39, 0.29) is 17.5 Å². The Morgan fingerprint density at radius 1 is 1.13 bits per heavy atom. The summed E-state index contributed by atoms with van der Waals surface area (Å²) in [5.74, 6) is 1.15. The highest BCUT2D eigenvalue weighted by Crippen LogP contribution is 2.26. The number of para-hydroxylation sites is 2. The number of rotatable bonds is 11. The summed E-state index contributed by atoms with van der Waals surface area (Å²) in [6.07, 6.45) is 0. The lowest BCUT2D eigenvalue weighted by Gasteiger charge is -2.10.